The summed E-state index contributed by atoms with van der Waals surface area (Å²) >= 11 is 0. The summed E-state index contributed by atoms with van der Waals surface area (Å²) in [4.78, 5) is 2.73. The van der Waals surface area contributed by atoms with E-state index in [1.165, 1.54) is 32.4 Å². The van der Waals surface area contributed by atoms with Gasteiger partial charge in [-0.1, -0.05) is 6.92 Å². The van der Waals surface area contributed by atoms with E-state index in [9.17, 15) is 0 Å². The van der Waals surface area contributed by atoms with E-state index in [0.29, 0.717) is 12.1 Å². The third-order valence-corrected chi connectivity index (χ3v) is 3.64. The molecule has 3 unspecified atom stereocenters. The van der Waals surface area contributed by atoms with Gasteiger partial charge in [-0.2, -0.15) is 0 Å². The fourth-order valence-electron chi connectivity index (χ4n) is 3.01. The summed E-state index contributed by atoms with van der Waals surface area (Å²) in [7, 11) is 0. The first-order valence-corrected chi connectivity index (χ1v) is 6.20. The van der Waals surface area contributed by atoms with Crippen LogP contribution in [0.4, 0.5) is 0 Å². The molecule has 0 aromatic heterocycles. The Morgan fingerprint density at radius 2 is 1.79 bits per heavy atom. The number of nitrogens with one attached hydrogen (secondary N) is 1. The highest BCUT2D eigenvalue weighted by atomic mass is 15.2. The van der Waals surface area contributed by atoms with Gasteiger partial charge in [0, 0.05) is 31.2 Å². The second kappa shape index (κ2) is 4.19. The van der Waals surface area contributed by atoms with Gasteiger partial charge in [0.25, 0.3) is 0 Å². The highest BCUT2D eigenvalue weighted by molar-refractivity contribution is 4.92. The van der Waals surface area contributed by atoms with E-state index in [-0.39, 0.29) is 0 Å². The zero-order valence-electron chi connectivity index (χ0n) is 9.79. The van der Waals surface area contributed by atoms with Gasteiger partial charge in [-0.3, -0.25) is 4.90 Å². The normalized spacial score (nSPS) is 37.1. The minimum absolute atomic E-state index is 0.673. The van der Waals surface area contributed by atoms with Crippen LogP contribution in [0.3, 0.4) is 0 Å². The lowest BCUT2D eigenvalue weighted by molar-refractivity contribution is 0.107. The SMILES string of the molecule is CCC(C1CC1)N1CC(C)NC(C)C1. The third kappa shape index (κ3) is 2.29. The minimum Gasteiger partial charge on any atom is -0.309 e. The monoisotopic (exact) mass is 196 g/mol. The number of hydrogen-bond donors (Lipinski definition) is 1. The van der Waals surface area contributed by atoms with E-state index in [1.54, 1.807) is 0 Å². The molecule has 1 saturated heterocycles. The molecule has 2 heteroatoms. The Balaban J connectivity index is 1.93. The molecule has 0 spiro atoms. The zero-order chi connectivity index (χ0) is 10.1. The number of nitrogens with zero attached hydrogens (tertiary/aromatic N) is 1. The molecule has 1 N–H and O–H groups in total. The molecule has 14 heavy (non-hydrogen) atoms. The maximum absolute atomic E-state index is 3.61. The lowest BCUT2D eigenvalue weighted by Crippen LogP contribution is -2.57. The molecule has 1 heterocycles. The number of hydrogen-bond acceptors (Lipinski definition) is 2. The summed E-state index contributed by atoms with van der Waals surface area (Å²) < 4.78 is 0. The van der Waals surface area contributed by atoms with Crippen molar-refractivity contribution < 1.29 is 0 Å². The first-order chi connectivity index (χ1) is 6.70. The van der Waals surface area contributed by atoms with Gasteiger partial charge in [0.05, 0.1) is 0 Å². The zero-order valence-corrected chi connectivity index (χ0v) is 9.79. The summed E-state index contributed by atoms with van der Waals surface area (Å²) in [5, 5.41) is 3.61. The van der Waals surface area contributed by atoms with Crippen LogP contribution in [0.5, 0.6) is 0 Å². The summed E-state index contributed by atoms with van der Waals surface area (Å²) in [6, 6.07) is 2.22. The van der Waals surface area contributed by atoms with E-state index < -0.39 is 0 Å². The molecule has 2 nitrogen and oxygen atoms in total. The fraction of sp³-hybridized carbons (Fsp3) is 1.00. The van der Waals surface area contributed by atoms with Crippen LogP contribution in [-0.4, -0.2) is 36.1 Å². The molecule has 2 fully saturated rings. The van der Waals surface area contributed by atoms with Gasteiger partial charge in [0.2, 0.25) is 0 Å². The lowest BCUT2D eigenvalue weighted by Gasteiger charge is -2.41. The molecular formula is C12H24N2. The Kier molecular flexibility index (Phi) is 3.13. The quantitative estimate of drug-likeness (QED) is 0.741. The van der Waals surface area contributed by atoms with Crippen molar-refractivity contribution in [3.05, 3.63) is 0 Å². The van der Waals surface area contributed by atoms with Crippen molar-refractivity contribution in [1.82, 2.24) is 10.2 Å². The average molecular weight is 196 g/mol. The molecule has 0 aromatic carbocycles. The van der Waals surface area contributed by atoms with Crippen LogP contribution < -0.4 is 5.32 Å². The van der Waals surface area contributed by atoms with Crippen molar-refractivity contribution in [2.75, 3.05) is 13.1 Å². The van der Waals surface area contributed by atoms with Crippen LogP contribution in [-0.2, 0) is 0 Å². The van der Waals surface area contributed by atoms with Gasteiger partial charge in [-0.15, -0.1) is 0 Å². The summed E-state index contributed by atoms with van der Waals surface area (Å²) in [5.41, 5.74) is 0. The second-order valence-corrected chi connectivity index (χ2v) is 5.24. The Morgan fingerprint density at radius 1 is 1.21 bits per heavy atom. The highest BCUT2D eigenvalue weighted by Gasteiger charge is 2.36. The molecule has 1 aliphatic heterocycles. The van der Waals surface area contributed by atoms with Crippen molar-refractivity contribution in [2.24, 2.45) is 5.92 Å². The van der Waals surface area contributed by atoms with Crippen molar-refractivity contribution in [3.8, 4) is 0 Å². The van der Waals surface area contributed by atoms with Crippen LogP contribution in [0.25, 0.3) is 0 Å². The molecule has 0 amide bonds. The summed E-state index contributed by atoms with van der Waals surface area (Å²) in [6.07, 6.45) is 4.29. The summed E-state index contributed by atoms with van der Waals surface area (Å²) in [6.45, 7) is 9.46. The molecular weight excluding hydrogens is 172 g/mol. The molecule has 2 rings (SSSR count). The molecule has 1 saturated carbocycles. The van der Waals surface area contributed by atoms with Crippen LogP contribution in [0.15, 0.2) is 0 Å². The van der Waals surface area contributed by atoms with Gasteiger partial charge in [0.15, 0.2) is 0 Å². The molecule has 2 aliphatic rings. The van der Waals surface area contributed by atoms with Gasteiger partial charge in [-0.05, 0) is 39.0 Å². The van der Waals surface area contributed by atoms with Crippen molar-refractivity contribution in [3.63, 3.8) is 0 Å². The van der Waals surface area contributed by atoms with E-state index in [2.05, 4.69) is 31.0 Å². The molecule has 1 aliphatic carbocycles. The van der Waals surface area contributed by atoms with Gasteiger partial charge in [-0.25, -0.2) is 0 Å². The Morgan fingerprint density at radius 3 is 2.21 bits per heavy atom. The van der Waals surface area contributed by atoms with Gasteiger partial charge in [0.1, 0.15) is 0 Å². The predicted molar refractivity (Wildman–Crippen MR) is 60.4 cm³/mol. The molecule has 0 bridgehead atoms. The second-order valence-electron chi connectivity index (χ2n) is 5.24. The summed E-state index contributed by atoms with van der Waals surface area (Å²) in [5.74, 6) is 1.03. The van der Waals surface area contributed by atoms with Crippen LogP contribution in [0.1, 0.15) is 40.0 Å². The smallest absolute Gasteiger partial charge is 0.0169 e. The minimum atomic E-state index is 0.673. The Bertz CT molecular complexity index is 179. The molecule has 3 atom stereocenters. The largest absolute Gasteiger partial charge is 0.309 e. The van der Waals surface area contributed by atoms with Crippen LogP contribution in [0, 0.1) is 5.92 Å². The lowest BCUT2D eigenvalue weighted by atomic mass is 10.0. The molecule has 82 valence electrons. The first kappa shape index (κ1) is 10.4. The maximum Gasteiger partial charge on any atom is 0.0169 e. The Hall–Kier alpha value is -0.0800. The van der Waals surface area contributed by atoms with Crippen LogP contribution in [0.2, 0.25) is 0 Å². The molecule has 0 aromatic rings. The van der Waals surface area contributed by atoms with E-state index in [1.807, 2.05) is 0 Å². The fourth-order valence-corrected chi connectivity index (χ4v) is 3.01. The van der Waals surface area contributed by atoms with Crippen molar-refractivity contribution in [2.45, 2.75) is 58.2 Å². The molecule has 0 radical (unpaired) electrons. The Labute approximate surface area is 88.1 Å². The van der Waals surface area contributed by atoms with Crippen LogP contribution >= 0.6 is 0 Å². The van der Waals surface area contributed by atoms with E-state index in [0.717, 1.165) is 12.0 Å². The standard InChI is InChI=1S/C12H24N2/c1-4-12(11-5-6-11)14-7-9(2)13-10(3)8-14/h9-13H,4-8H2,1-3H3. The number of piperazine rings is 1. The average Bonchev–Trinajstić information content (AvgIpc) is 2.87. The maximum atomic E-state index is 3.61. The number of rotatable bonds is 3. The first-order valence-electron chi connectivity index (χ1n) is 6.20. The van der Waals surface area contributed by atoms with Crippen molar-refractivity contribution >= 4 is 0 Å². The predicted octanol–water partition coefficient (Wildman–Crippen LogP) is 1.86. The third-order valence-electron chi connectivity index (χ3n) is 3.64. The highest BCUT2D eigenvalue weighted by Crippen LogP contribution is 2.37. The topological polar surface area (TPSA) is 15.3 Å². The van der Waals surface area contributed by atoms with E-state index >= 15 is 0 Å². The van der Waals surface area contributed by atoms with Gasteiger partial charge < -0.3 is 5.32 Å². The van der Waals surface area contributed by atoms with Gasteiger partial charge >= 0.3 is 0 Å². The van der Waals surface area contributed by atoms with Crippen molar-refractivity contribution in [1.29, 1.82) is 0 Å². The van der Waals surface area contributed by atoms with E-state index in [4.69, 9.17) is 0 Å².